The highest BCUT2D eigenvalue weighted by molar-refractivity contribution is 7.80. The minimum Gasteiger partial charge on any atom is -0.392 e. The van der Waals surface area contributed by atoms with Gasteiger partial charge in [-0.3, -0.25) is 4.79 Å². The van der Waals surface area contributed by atoms with Crippen LogP contribution in [0.4, 0.5) is 0 Å². The Morgan fingerprint density at radius 3 is 2.75 bits per heavy atom. The van der Waals surface area contributed by atoms with Crippen LogP contribution >= 0.6 is 12.2 Å². The fourth-order valence-corrected chi connectivity index (χ4v) is 1.35. The van der Waals surface area contributed by atoms with Crippen molar-refractivity contribution < 1.29 is 4.79 Å². The number of aromatic amines is 1. The molecule has 0 unspecified atom stereocenters. The second kappa shape index (κ2) is 4.61. The predicted molar refractivity (Wildman–Crippen MR) is 65.6 cm³/mol. The Balaban J connectivity index is 2.71. The molecule has 0 atom stereocenters. The van der Waals surface area contributed by atoms with E-state index in [0.717, 1.165) is 5.82 Å². The number of amides is 1. The van der Waals surface area contributed by atoms with Crippen LogP contribution in [0, 0.1) is 5.41 Å². The fraction of sp³-hybridized carbons (Fsp3) is 0.500. The summed E-state index contributed by atoms with van der Waals surface area (Å²) in [6.45, 7) is 3.85. The molecular weight excluding hydrogens is 224 g/mol. The number of imidazole rings is 1. The van der Waals surface area contributed by atoms with Gasteiger partial charge in [0.05, 0.1) is 16.9 Å². The Morgan fingerprint density at radius 1 is 1.69 bits per heavy atom. The second-order valence-electron chi connectivity index (χ2n) is 4.19. The predicted octanol–water partition coefficient (Wildman–Crippen LogP) is 0.680. The van der Waals surface area contributed by atoms with Crippen molar-refractivity contribution >= 4 is 23.1 Å². The molecule has 1 rings (SSSR count). The van der Waals surface area contributed by atoms with Crippen molar-refractivity contribution in [1.29, 1.82) is 0 Å². The van der Waals surface area contributed by atoms with Crippen molar-refractivity contribution in [2.24, 2.45) is 11.1 Å². The van der Waals surface area contributed by atoms with Crippen LogP contribution in [-0.4, -0.2) is 32.8 Å². The lowest BCUT2D eigenvalue weighted by molar-refractivity contribution is -0.136. The number of H-pyrrole nitrogens is 1. The summed E-state index contributed by atoms with van der Waals surface area (Å²) in [6.07, 6.45) is 3.36. The number of thiocarbonyl (C=S) groups is 1. The molecule has 0 saturated heterocycles. The monoisotopic (exact) mass is 240 g/mol. The van der Waals surface area contributed by atoms with Crippen LogP contribution in [-0.2, 0) is 11.3 Å². The molecule has 16 heavy (non-hydrogen) atoms. The van der Waals surface area contributed by atoms with E-state index >= 15 is 0 Å². The average Bonchev–Trinajstić information content (AvgIpc) is 2.68. The van der Waals surface area contributed by atoms with E-state index in [-0.39, 0.29) is 10.9 Å². The largest absolute Gasteiger partial charge is 0.392 e. The maximum atomic E-state index is 12.0. The van der Waals surface area contributed by atoms with Crippen LogP contribution in [0.3, 0.4) is 0 Å². The van der Waals surface area contributed by atoms with Gasteiger partial charge >= 0.3 is 0 Å². The molecule has 0 aliphatic carbocycles. The van der Waals surface area contributed by atoms with Crippen LogP contribution in [0.25, 0.3) is 0 Å². The molecule has 1 amide bonds. The summed E-state index contributed by atoms with van der Waals surface area (Å²) in [4.78, 5) is 20.8. The molecule has 1 heterocycles. The molecule has 0 fully saturated rings. The molecule has 1 aromatic rings. The Bertz CT molecular complexity index is 386. The van der Waals surface area contributed by atoms with Gasteiger partial charge in [-0.15, -0.1) is 0 Å². The smallest absolute Gasteiger partial charge is 0.235 e. The van der Waals surface area contributed by atoms with Crippen molar-refractivity contribution in [3.05, 3.63) is 18.2 Å². The van der Waals surface area contributed by atoms with Gasteiger partial charge in [-0.05, 0) is 13.8 Å². The number of nitrogens with two attached hydrogens (primary N) is 1. The summed E-state index contributed by atoms with van der Waals surface area (Å²) in [5.41, 5.74) is 4.72. The number of carbonyl (C=O) groups is 1. The maximum Gasteiger partial charge on any atom is 0.235 e. The second-order valence-corrected chi connectivity index (χ2v) is 4.63. The summed E-state index contributed by atoms with van der Waals surface area (Å²) < 4.78 is 0. The maximum absolute atomic E-state index is 12.0. The first-order valence-electron chi connectivity index (χ1n) is 4.89. The molecule has 0 bridgehead atoms. The van der Waals surface area contributed by atoms with Crippen LogP contribution < -0.4 is 5.73 Å². The Kier molecular flexibility index (Phi) is 3.64. The first kappa shape index (κ1) is 12.6. The van der Waals surface area contributed by atoms with E-state index in [1.165, 1.54) is 0 Å². The third-order valence-electron chi connectivity index (χ3n) is 2.44. The number of nitrogens with one attached hydrogen (secondary N) is 1. The summed E-state index contributed by atoms with van der Waals surface area (Å²) in [6, 6.07) is 0. The molecule has 0 aliphatic rings. The number of carbonyl (C=O) groups excluding carboxylic acids is 1. The van der Waals surface area contributed by atoms with E-state index in [1.807, 2.05) is 0 Å². The van der Waals surface area contributed by atoms with Crippen LogP contribution in [0.5, 0.6) is 0 Å². The minimum absolute atomic E-state index is 0.114. The lowest BCUT2D eigenvalue weighted by Gasteiger charge is -2.27. The zero-order valence-corrected chi connectivity index (χ0v) is 10.5. The quantitative estimate of drug-likeness (QED) is 0.759. The summed E-state index contributed by atoms with van der Waals surface area (Å²) >= 11 is 4.88. The topological polar surface area (TPSA) is 75.0 Å². The number of rotatable bonds is 4. The molecule has 0 aliphatic heterocycles. The van der Waals surface area contributed by atoms with Gasteiger partial charge in [0, 0.05) is 19.4 Å². The van der Waals surface area contributed by atoms with Crippen molar-refractivity contribution in [2.75, 3.05) is 7.05 Å². The molecule has 5 nitrogen and oxygen atoms in total. The van der Waals surface area contributed by atoms with E-state index in [9.17, 15) is 4.79 Å². The number of hydrogen-bond acceptors (Lipinski definition) is 3. The Morgan fingerprint density at radius 2 is 2.31 bits per heavy atom. The van der Waals surface area contributed by atoms with Gasteiger partial charge in [0.2, 0.25) is 5.91 Å². The van der Waals surface area contributed by atoms with E-state index < -0.39 is 5.41 Å². The highest BCUT2D eigenvalue weighted by Crippen LogP contribution is 2.19. The molecular formula is C10H16N4OS. The molecule has 6 heteroatoms. The lowest BCUT2D eigenvalue weighted by atomic mass is 9.92. The SMILES string of the molecule is CN(Cc1ncc[nH]1)C(=O)C(C)(C)C(N)=S. The van der Waals surface area contributed by atoms with Crippen molar-refractivity contribution in [3.63, 3.8) is 0 Å². The van der Waals surface area contributed by atoms with E-state index in [1.54, 1.807) is 38.2 Å². The standard InChI is InChI=1S/C10H16N4OS/c1-10(2,8(11)16)9(15)14(3)6-7-12-4-5-13-7/h4-5H,6H2,1-3H3,(H2,11,16)(H,12,13). The highest BCUT2D eigenvalue weighted by Gasteiger charge is 2.33. The van der Waals surface area contributed by atoms with E-state index in [2.05, 4.69) is 9.97 Å². The minimum atomic E-state index is -0.823. The zero-order chi connectivity index (χ0) is 12.3. The van der Waals surface area contributed by atoms with Gasteiger partial charge in [0.15, 0.2) is 0 Å². The van der Waals surface area contributed by atoms with Crippen LogP contribution in [0.2, 0.25) is 0 Å². The third-order valence-corrected chi connectivity index (χ3v) is 2.95. The Labute approximate surface area is 100 Å². The summed E-state index contributed by atoms with van der Waals surface area (Å²) in [5, 5.41) is 0. The first-order valence-corrected chi connectivity index (χ1v) is 5.30. The third kappa shape index (κ3) is 2.57. The summed E-state index contributed by atoms with van der Waals surface area (Å²) in [5.74, 6) is 0.617. The lowest BCUT2D eigenvalue weighted by Crippen LogP contribution is -2.45. The van der Waals surface area contributed by atoms with Gasteiger partial charge in [0.25, 0.3) is 0 Å². The van der Waals surface area contributed by atoms with E-state index in [0.29, 0.717) is 6.54 Å². The average molecular weight is 240 g/mol. The molecule has 0 saturated carbocycles. The number of aromatic nitrogens is 2. The van der Waals surface area contributed by atoms with E-state index in [4.69, 9.17) is 18.0 Å². The van der Waals surface area contributed by atoms with Gasteiger partial charge in [-0.2, -0.15) is 0 Å². The highest BCUT2D eigenvalue weighted by atomic mass is 32.1. The first-order chi connectivity index (χ1) is 7.35. The zero-order valence-electron chi connectivity index (χ0n) is 9.65. The Hall–Kier alpha value is -1.43. The fourth-order valence-electron chi connectivity index (χ4n) is 1.26. The molecule has 1 aromatic heterocycles. The molecule has 0 spiro atoms. The van der Waals surface area contributed by atoms with Crippen LogP contribution in [0.15, 0.2) is 12.4 Å². The number of nitrogens with zero attached hydrogens (tertiary/aromatic N) is 2. The molecule has 3 N–H and O–H groups in total. The van der Waals surface area contributed by atoms with Gasteiger partial charge in [-0.1, -0.05) is 12.2 Å². The van der Waals surface area contributed by atoms with Gasteiger partial charge < -0.3 is 15.6 Å². The molecule has 0 radical (unpaired) electrons. The van der Waals surface area contributed by atoms with Crippen molar-refractivity contribution in [3.8, 4) is 0 Å². The summed E-state index contributed by atoms with van der Waals surface area (Å²) in [7, 11) is 1.70. The normalized spacial score (nSPS) is 11.2. The van der Waals surface area contributed by atoms with Crippen molar-refractivity contribution in [1.82, 2.24) is 14.9 Å². The van der Waals surface area contributed by atoms with Crippen molar-refractivity contribution in [2.45, 2.75) is 20.4 Å². The van der Waals surface area contributed by atoms with Gasteiger partial charge in [-0.25, -0.2) is 4.98 Å². The molecule has 0 aromatic carbocycles. The number of hydrogen-bond donors (Lipinski definition) is 2. The molecule has 88 valence electrons. The van der Waals surface area contributed by atoms with Gasteiger partial charge in [0.1, 0.15) is 5.82 Å². The van der Waals surface area contributed by atoms with Crippen LogP contribution in [0.1, 0.15) is 19.7 Å².